The van der Waals surface area contributed by atoms with Crippen LogP contribution in [0.4, 0.5) is 0 Å². The van der Waals surface area contributed by atoms with Crippen LogP contribution in [0, 0.1) is 5.92 Å². The van der Waals surface area contributed by atoms with Gasteiger partial charge in [-0.25, -0.2) is 9.89 Å². The fraction of sp³-hybridized carbons (Fsp3) is 0.571. The molecular formula is C21H28N4O3S. The van der Waals surface area contributed by atoms with Crippen molar-refractivity contribution in [2.75, 3.05) is 25.4 Å². The summed E-state index contributed by atoms with van der Waals surface area (Å²) >= 11 is 1.33. The fourth-order valence-electron chi connectivity index (χ4n) is 4.12. The van der Waals surface area contributed by atoms with E-state index in [-0.39, 0.29) is 17.7 Å². The molecule has 1 aromatic carbocycles. The van der Waals surface area contributed by atoms with Gasteiger partial charge in [0.05, 0.1) is 18.4 Å². The number of amides is 1. The van der Waals surface area contributed by atoms with Crippen molar-refractivity contribution < 1.29 is 9.53 Å². The topological polar surface area (TPSA) is 80.2 Å². The molecule has 7 nitrogen and oxygen atoms in total. The second-order valence-electron chi connectivity index (χ2n) is 7.86. The summed E-state index contributed by atoms with van der Waals surface area (Å²) in [5.41, 5.74) is 1.13. The number of aromatic amines is 1. The van der Waals surface area contributed by atoms with Crippen LogP contribution in [0.1, 0.15) is 31.2 Å². The number of rotatable bonds is 7. The summed E-state index contributed by atoms with van der Waals surface area (Å²) in [4.78, 5) is 26.6. The van der Waals surface area contributed by atoms with Crippen molar-refractivity contribution in [3.8, 4) is 0 Å². The van der Waals surface area contributed by atoms with Crippen molar-refractivity contribution >= 4 is 17.7 Å². The summed E-state index contributed by atoms with van der Waals surface area (Å²) < 4.78 is 7.22. The van der Waals surface area contributed by atoms with Crippen LogP contribution in [-0.2, 0) is 22.5 Å². The maximum atomic E-state index is 12.7. The van der Waals surface area contributed by atoms with E-state index in [0.29, 0.717) is 23.4 Å². The van der Waals surface area contributed by atoms with Crippen LogP contribution in [-0.4, -0.2) is 57.1 Å². The van der Waals surface area contributed by atoms with Crippen molar-refractivity contribution in [2.45, 2.75) is 49.9 Å². The molecule has 4 rings (SSSR count). The zero-order valence-corrected chi connectivity index (χ0v) is 17.4. The van der Waals surface area contributed by atoms with Crippen molar-refractivity contribution in [3.63, 3.8) is 0 Å². The van der Waals surface area contributed by atoms with Crippen molar-refractivity contribution in [1.29, 1.82) is 0 Å². The van der Waals surface area contributed by atoms with E-state index in [9.17, 15) is 9.59 Å². The number of ether oxygens (including phenoxy) is 1. The van der Waals surface area contributed by atoms with Crippen molar-refractivity contribution in [2.24, 2.45) is 5.92 Å². The van der Waals surface area contributed by atoms with E-state index in [2.05, 4.69) is 34.5 Å². The molecule has 1 aromatic heterocycles. The van der Waals surface area contributed by atoms with Gasteiger partial charge in [0.2, 0.25) is 5.91 Å². The molecule has 1 N–H and O–H groups in total. The molecule has 2 aliphatic rings. The Bertz CT molecular complexity index is 852. The molecular weight excluding hydrogens is 388 g/mol. The first-order valence-electron chi connectivity index (χ1n) is 10.4. The van der Waals surface area contributed by atoms with E-state index in [0.717, 1.165) is 51.8 Å². The molecule has 8 heteroatoms. The number of carbonyl (C=O) groups excluding carboxylic acids is 1. The summed E-state index contributed by atoms with van der Waals surface area (Å²) in [6, 6.07) is 10.6. The monoisotopic (exact) mass is 416 g/mol. The molecule has 2 fully saturated rings. The Morgan fingerprint density at radius 2 is 2.00 bits per heavy atom. The van der Waals surface area contributed by atoms with Crippen LogP contribution in [0.15, 0.2) is 40.3 Å². The summed E-state index contributed by atoms with van der Waals surface area (Å²) in [5.74, 6) is 1.06. The number of benzene rings is 1. The molecule has 1 amide bonds. The second-order valence-corrected chi connectivity index (χ2v) is 8.80. The molecule has 2 aromatic rings. The van der Waals surface area contributed by atoms with Gasteiger partial charge >= 0.3 is 5.69 Å². The van der Waals surface area contributed by atoms with Gasteiger partial charge in [-0.1, -0.05) is 42.1 Å². The molecule has 2 saturated heterocycles. The summed E-state index contributed by atoms with van der Waals surface area (Å²) in [5, 5.41) is 7.16. The lowest BCUT2D eigenvalue weighted by molar-refractivity contribution is -0.129. The number of hydrogen-bond donors (Lipinski definition) is 1. The lowest BCUT2D eigenvalue weighted by Gasteiger charge is -2.32. The third kappa shape index (κ3) is 5.30. The zero-order valence-electron chi connectivity index (χ0n) is 16.6. The van der Waals surface area contributed by atoms with Crippen LogP contribution in [0.25, 0.3) is 0 Å². The molecule has 0 aliphatic carbocycles. The third-order valence-corrected chi connectivity index (χ3v) is 6.75. The average molecular weight is 417 g/mol. The number of nitrogens with one attached hydrogen (secondary N) is 1. The van der Waals surface area contributed by atoms with Crippen LogP contribution in [0.3, 0.4) is 0 Å². The minimum absolute atomic E-state index is 0.0593. The Labute approximate surface area is 174 Å². The highest BCUT2D eigenvalue weighted by molar-refractivity contribution is 7.99. The average Bonchev–Trinajstić information content (AvgIpc) is 3.38. The first-order chi connectivity index (χ1) is 14.2. The number of aromatic nitrogens is 3. The first-order valence-corrected chi connectivity index (χ1v) is 11.4. The minimum Gasteiger partial charge on any atom is -0.376 e. The van der Waals surface area contributed by atoms with Gasteiger partial charge in [-0.05, 0) is 43.6 Å². The smallest absolute Gasteiger partial charge is 0.344 e. The molecule has 3 heterocycles. The summed E-state index contributed by atoms with van der Waals surface area (Å²) in [6.07, 6.45) is 5.20. The van der Waals surface area contributed by atoms with Gasteiger partial charge in [-0.2, -0.15) is 0 Å². The van der Waals surface area contributed by atoms with Crippen molar-refractivity contribution in [1.82, 2.24) is 19.7 Å². The minimum atomic E-state index is -0.239. The standard InChI is InChI=1S/C21H28N4O3S/c26-19(24-10-8-17(9-11-24)13-16-5-2-1-3-6-16)15-29-21-23-22-20(27)25(21)14-18-7-4-12-28-18/h1-3,5-6,17-18H,4,7-15H2,(H,22,27)/t18-/m1/s1. The van der Waals surface area contributed by atoms with E-state index in [4.69, 9.17) is 4.74 Å². The number of thioether (sulfide) groups is 1. The normalized spacial score (nSPS) is 20.3. The quantitative estimate of drug-likeness (QED) is 0.701. The van der Waals surface area contributed by atoms with Crippen LogP contribution < -0.4 is 5.69 Å². The number of hydrogen-bond acceptors (Lipinski definition) is 5. The zero-order chi connectivity index (χ0) is 20.1. The lowest BCUT2D eigenvalue weighted by Crippen LogP contribution is -2.40. The molecule has 2 aliphatic heterocycles. The number of nitrogens with zero attached hydrogens (tertiary/aromatic N) is 3. The Morgan fingerprint density at radius 1 is 1.21 bits per heavy atom. The molecule has 0 bridgehead atoms. The Morgan fingerprint density at radius 3 is 2.72 bits per heavy atom. The predicted molar refractivity (Wildman–Crippen MR) is 112 cm³/mol. The van der Waals surface area contributed by atoms with Crippen LogP contribution in [0.5, 0.6) is 0 Å². The van der Waals surface area contributed by atoms with Crippen LogP contribution >= 0.6 is 11.8 Å². The fourth-order valence-corrected chi connectivity index (χ4v) is 4.98. The van der Waals surface area contributed by atoms with Gasteiger partial charge in [0.15, 0.2) is 5.16 Å². The molecule has 0 spiro atoms. The Balaban J connectivity index is 1.25. The van der Waals surface area contributed by atoms with Gasteiger partial charge in [-0.3, -0.25) is 9.36 Å². The highest BCUT2D eigenvalue weighted by atomic mass is 32.2. The molecule has 156 valence electrons. The Hall–Kier alpha value is -2.06. The summed E-state index contributed by atoms with van der Waals surface area (Å²) in [6.45, 7) is 2.86. The highest BCUT2D eigenvalue weighted by Crippen LogP contribution is 2.23. The van der Waals surface area contributed by atoms with Gasteiger partial charge in [0.25, 0.3) is 0 Å². The molecule has 0 unspecified atom stereocenters. The van der Waals surface area contributed by atoms with E-state index in [1.165, 1.54) is 17.3 Å². The lowest BCUT2D eigenvalue weighted by atomic mass is 9.90. The number of H-pyrrole nitrogens is 1. The molecule has 1 atom stereocenters. The first kappa shape index (κ1) is 20.2. The molecule has 0 saturated carbocycles. The highest BCUT2D eigenvalue weighted by Gasteiger charge is 2.24. The third-order valence-electron chi connectivity index (χ3n) is 5.79. The number of piperidine rings is 1. The van der Waals surface area contributed by atoms with E-state index < -0.39 is 0 Å². The molecule has 0 radical (unpaired) electrons. The van der Waals surface area contributed by atoms with Gasteiger partial charge in [0, 0.05) is 19.7 Å². The van der Waals surface area contributed by atoms with Gasteiger partial charge < -0.3 is 9.64 Å². The van der Waals surface area contributed by atoms with E-state index in [1.807, 2.05) is 11.0 Å². The number of likely N-dealkylation sites (tertiary alicyclic amines) is 1. The van der Waals surface area contributed by atoms with E-state index in [1.54, 1.807) is 4.57 Å². The predicted octanol–water partition coefficient (Wildman–Crippen LogP) is 2.32. The second kappa shape index (κ2) is 9.63. The maximum Gasteiger partial charge on any atom is 0.344 e. The van der Waals surface area contributed by atoms with Crippen LogP contribution in [0.2, 0.25) is 0 Å². The largest absolute Gasteiger partial charge is 0.376 e. The maximum absolute atomic E-state index is 12.7. The van der Waals surface area contributed by atoms with Gasteiger partial charge in [0.1, 0.15) is 0 Å². The van der Waals surface area contributed by atoms with E-state index >= 15 is 0 Å². The molecule has 29 heavy (non-hydrogen) atoms. The summed E-state index contributed by atoms with van der Waals surface area (Å²) in [7, 11) is 0. The Kier molecular flexibility index (Phi) is 6.71. The number of carbonyl (C=O) groups is 1. The SMILES string of the molecule is O=C(CSc1n[nH]c(=O)n1C[C@H]1CCCO1)N1CCC(Cc2ccccc2)CC1. The van der Waals surface area contributed by atoms with Crippen molar-refractivity contribution in [3.05, 3.63) is 46.4 Å². The van der Waals surface area contributed by atoms with Gasteiger partial charge in [-0.15, -0.1) is 5.10 Å².